The fraction of sp³-hybridized carbons (Fsp3) is 0.467. The van der Waals surface area contributed by atoms with Crippen LogP contribution in [0.2, 0.25) is 0 Å². The number of benzene rings is 1. The van der Waals surface area contributed by atoms with E-state index in [2.05, 4.69) is 33.4 Å². The first-order valence-electron chi connectivity index (χ1n) is 6.74. The smallest absolute Gasteiger partial charge is 0.267 e. The summed E-state index contributed by atoms with van der Waals surface area (Å²) in [6, 6.07) is 5.58. The third kappa shape index (κ3) is 3.44. The molecule has 1 aromatic carbocycles. The molecule has 1 N–H and O–H groups in total. The van der Waals surface area contributed by atoms with Gasteiger partial charge < -0.3 is 0 Å². The van der Waals surface area contributed by atoms with E-state index in [1.54, 1.807) is 0 Å². The molecule has 0 spiro atoms. The Morgan fingerprint density at radius 1 is 1.53 bits per heavy atom. The second-order valence-corrected chi connectivity index (χ2v) is 5.86. The van der Waals surface area contributed by atoms with Crippen LogP contribution in [-0.4, -0.2) is 11.6 Å². The van der Waals surface area contributed by atoms with Crippen molar-refractivity contribution < 1.29 is 4.79 Å². The lowest BCUT2D eigenvalue weighted by molar-refractivity contribution is 0.0954. The highest BCUT2D eigenvalue weighted by Crippen LogP contribution is 2.25. The summed E-state index contributed by atoms with van der Waals surface area (Å²) in [4.78, 5) is 12.0. The van der Waals surface area contributed by atoms with Gasteiger partial charge in [-0.2, -0.15) is 5.10 Å². The van der Waals surface area contributed by atoms with E-state index < -0.39 is 0 Å². The molecule has 1 atom stereocenters. The van der Waals surface area contributed by atoms with Gasteiger partial charge in [-0.15, -0.1) is 0 Å². The van der Waals surface area contributed by atoms with Gasteiger partial charge in [-0.3, -0.25) is 4.79 Å². The van der Waals surface area contributed by atoms with Gasteiger partial charge in [0.25, 0.3) is 5.91 Å². The van der Waals surface area contributed by atoms with E-state index in [4.69, 9.17) is 0 Å². The normalized spacial score (nSPS) is 20.8. The minimum Gasteiger partial charge on any atom is -0.267 e. The van der Waals surface area contributed by atoms with Crippen molar-refractivity contribution in [3.63, 3.8) is 0 Å². The molecule has 19 heavy (non-hydrogen) atoms. The average Bonchev–Trinajstić information content (AvgIpc) is 2.86. The fourth-order valence-corrected chi connectivity index (χ4v) is 2.79. The minimum absolute atomic E-state index is 0.144. The summed E-state index contributed by atoms with van der Waals surface area (Å²) in [7, 11) is 0. The van der Waals surface area contributed by atoms with Gasteiger partial charge in [-0.05, 0) is 56.2 Å². The van der Waals surface area contributed by atoms with Crippen LogP contribution >= 0.6 is 15.9 Å². The summed E-state index contributed by atoms with van der Waals surface area (Å²) in [5.41, 5.74) is 5.57. The van der Waals surface area contributed by atoms with Crippen LogP contribution in [0, 0.1) is 12.8 Å². The Kier molecular flexibility index (Phi) is 4.75. The zero-order valence-corrected chi connectivity index (χ0v) is 13.0. The predicted molar refractivity (Wildman–Crippen MR) is 81.4 cm³/mol. The lowest BCUT2D eigenvalue weighted by Crippen LogP contribution is -2.21. The molecule has 1 fully saturated rings. The summed E-state index contributed by atoms with van der Waals surface area (Å²) >= 11 is 3.44. The number of nitrogens with one attached hydrogen (secondary N) is 1. The van der Waals surface area contributed by atoms with Gasteiger partial charge in [-0.25, -0.2) is 5.43 Å². The molecule has 0 aromatic heterocycles. The number of halogens is 1. The van der Waals surface area contributed by atoms with Crippen molar-refractivity contribution in [2.75, 3.05) is 0 Å². The number of amides is 1. The zero-order valence-electron chi connectivity index (χ0n) is 11.4. The van der Waals surface area contributed by atoms with Crippen molar-refractivity contribution in [2.24, 2.45) is 11.0 Å². The van der Waals surface area contributed by atoms with E-state index in [9.17, 15) is 4.79 Å². The summed E-state index contributed by atoms with van der Waals surface area (Å²) in [6.07, 6.45) is 4.49. The van der Waals surface area contributed by atoms with Gasteiger partial charge >= 0.3 is 0 Å². The van der Waals surface area contributed by atoms with Gasteiger partial charge in [0.2, 0.25) is 0 Å². The third-order valence-electron chi connectivity index (χ3n) is 3.68. The molecule has 3 nitrogen and oxygen atoms in total. The molecule has 0 aliphatic heterocycles. The van der Waals surface area contributed by atoms with E-state index >= 15 is 0 Å². The highest BCUT2D eigenvalue weighted by Gasteiger charge is 2.21. The molecule has 1 aliphatic carbocycles. The predicted octanol–water partition coefficient (Wildman–Crippen LogP) is 4.05. The molecule has 2 rings (SSSR count). The fourth-order valence-electron chi connectivity index (χ4n) is 2.41. The van der Waals surface area contributed by atoms with Gasteiger partial charge in [0.1, 0.15) is 0 Å². The molecule has 0 heterocycles. The number of carbonyl (C=O) groups is 1. The van der Waals surface area contributed by atoms with Gasteiger partial charge in [0, 0.05) is 15.7 Å². The zero-order chi connectivity index (χ0) is 13.8. The quantitative estimate of drug-likeness (QED) is 0.838. The van der Waals surface area contributed by atoms with E-state index in [0.29, 0.717) is 11.5 Å². The lowest BCUT2D eigenvalue weighted by Gasteiger charge is -2.08. The molecule has 4 heteroatoms. The standard InChI is InChI=1S/C15H19BrN2O/c1-3-11-5-4-6-14(11)17-18-15(19)12-8-7-10(2)13(16)9-12/h7-9,11H,3-6H2,1-2H3,(H,18,19)/b17-14+. The summed E-state index contributed by atoms with van der Waals surface area (Å²) in [6.45, 7) is 4.17. The Labute approximate surface area is 122 Å². The van der Waals surface area contributed by atoms with Crippen LogP contribution < -0.4 is 5.43 Å². The summed E-state index contributed by atoms with van der Waals surface area (Å²) in [5, 5.41) is 4.31. The molecule has 1 aliphatic rings. The molecule has 0 radical (unpaired) electrons. The Balaban J connectivity index is 2.05. The van der Waals surface area contributed by atoms with Crippen LogP contribution in [0.5, 0.6) is 0 Å². The Hall–Kier alpha value is -1.16. The average molecular weight is 323 g/mol. The molecule has 1 aromatic rings. The monoisotopic (exact) mass is 322 g/mol. The Morgan fingerprint density at radius 3 is 3.00 bits per heavy atom. The second kappa shape index (κ2) is 6.33. The van der Waals surface area contributed by atoms with Crippen molar-refractivity contribution in [3.05, 3.63) is 33.8 Å². The SMILES string of the molecule is CCC1CCC/C1=N\NC(=O)c1ccc(C)c(Br)c1. The summed E-state index contributed by atoms with van der Waals surface area (Å²) in [5.74, 6) is 0.403. The molecular weight excluding hydrogens is 304 g/mol. The van der Waals surface area contributed by atoms with Crippen LogP contribution in [0.4, 0.5) is 0 Å². The van der Waals surface area contributed by atoms with Crippen LogP contribution in [0.15, 0.2) is 27.8 Å². The number of carbonyl (C=O) groups excluding carboxylic acids is 1. The van der Waals surface area contributed by atoms with Crippen LogP contribution in [0.25, 0.3) is 0 Å². The number of hydrogen-bond acceptors (Lipinski definition) is 2. The first-order valence-corrected chi connectivity index (χ1v) is 7.54. The van der Waals surface area contributed by atoms with Gasteiger partial charge in [0.05, 0.1) is 0 Å². The molecule has 0 saturated heterocycles. The topological polar surface area (TPSA) is 41.5 Å². The van der Waals surface area contributed by atoms with Crippen molar-refractivity contribution in [1.82, 2.24) is 5.43 Å². The van der Waals surface area contributed by atoms with E-state index in [1.165, 1.54) is 12.8 Å². The van der Waals surface area contributed by atoms with Crippen molar-refractivity contribution in [1.29, 1.82) is 0 Å². The van der Waals surface area contributed by atoms with E-state index in [-0.39, 0.29) is 5.91 Å². The number of nitrogens with zero attached hydrogens (tertiary/aromatic N) is 1. The van der Waals surface area contributed by atoms with E-state index in [1.807, 2.05) is 25.1 Å². The number of rotatable bonds is 3. The molecular formula is C15H19BrN2O. The Morgan fingerprint density at radius 2 is 2.32 bits per heavy atom. The first-order chi connectivity index (χ1) is 9.11. The number of hydrogen-bond donors (Lipinski definition) is 1. The second-order valence-electron chi connectivity index (χ2n) is 5.01. The molecule has 0 bridgehead atoms. The maximum atomic E-state index is 12.0. The maximum Gasteiger partial charge on any atom is 0.271 e. The highest BCUT2D eigenvalue weighted by atomic mass is 79.9. The number of aryl methyl sites for hydroxylation is 1. The molecule has 1 saturated carbocycles. The minimum atomic E-state index is -0.144. The molecule has 1 amide bonds. The van der Waals surface area contributed by atoms with Crippen molar-refractivity contribution in [3.8, 4) is 0 Å². The van der Waals surface area contributed by atoms with Crippen molar-refractivity contribution in [2.45, 2.75) is 39.5 Å². The third-order valence-corrected chi connectivity index (χ3v) is 4.54. The highest BCUT2D eigenvalue weighted by molar-refractivity contribution is 9.10. The van der Waals surface area contributed by atoms with Crippen LogP contribution in [0.3, 0.4) is 0 Å². The summed E-state index contributed by atoms with van der Waals surface area (Å²) < 4.78 is 0.945. The van der Waals surface area contributed by atoms with Crippen LogP contribution in [0.1, 0.15) is 48.5 Å². The molecule has 1 unspecified atom stereocenters. The van der Waals surface area contributed by atoms with Gasteiger partial charge in [0.15, 0.2) is 0 Å². The van der Waals surface area contributed by atoms with Gasteiger partial charge in [-0.1, -0.05) is 28.9 Å². The molecule has 102 valence electrons. The lowest BCUT2D eigenvalue weighted by atomic mass is 10.0. The van der Waals surface area contributed by atoms with Crippen molar-refractivity contribution >= 4 is 27.5 Å². The van der Waals surface area contributed by atoms with Crippen LogP contribution in [-0.2, 0) is 0 Å². The first kappa shape index (κ1) is 14.3. The maximum absolute atomic E-state index is 12.0. The Bertz CT molecular complexity index is 511. The number of hydrazone groups is 1. The largest absolute Gasteiger partial charge is 0.271 e. The van der Waals surface area contributed by atoms with E-state index in [0.717, 1.165) is 28.6 Å².